The fourth-order valence-electron chi connectivity index (χ4n) is 7.34. The number of carbonyl (C=O) groups is 1. The minimum Gasteiger partial charge on any atom is -0.857 e. The number of para-hydroxylation sites is 1. The Morgan fingerprint density at radius 3 is 1.88 bits per heavy atom. The second kappa shape index (κ2) is 23.0. The van der Waals surface area contributed by atoms with Crippen molar-refractivity contribution in [3.05, 3.63) is 112 Å². The molecule has 0 radical (unpaired) electrons. The Hall–Kier alpha value is -5.43. The number of fused-ring (bicyclic) bond motifs is 3. The van der Waals surface area contributed by atoms with Crippen LogP contribution in [-0.4, -0.2) is 121 Å². The smallest absolute Gasteiger partial charge is 0.857 e. The molecule has 16 nitrogen and oxygen atoms in total. The van der Waals surface area contributed by atoms with Gasteiger partial charge in [-0.1, -0.05) is 18.2 Å². The molecule has 64 heavy (non-hydrogen) atoms. The first kappa shape index (κ1) is 49.6. The molecule has 0 bridgehead atoms. The Morgan fingerprint density at radius 1 is 0.781 bits per heavy atom. The zero-order valence-electron chi connectivity index (χ0n) is 36.7. The van der Waals surface area contributed by atoms with Gasteiger partial charge in [-0.2, -0.15) is 7.11 Å². The van der Waals surface area contributed by atoms with E-state index in [-0.39, 0.29) is 91.8 Å². The van der Waals surface area contributed by atoms with Crippen LogP contribution in [0.1, 0.15) is 12.7 Å². The number of imidazole rings is 2. The summed E-state index contributed by atoms with van der Waals surface area (Å²) in [5, 5.41) is 8.45. The Bertz CT molecular complexity index is 2770. The number of nitrogen functional groups attached to an aromatic ring is 2. The molecule has 3 aromatic heterocycles. The molecule has 2 saturated heterocycles. The molecule has 7 aromatic rings. The Labute approximate surface area is 411 Å². The number of hydrogen-bond acceptors (Lipinski definition) is 12. The monoisotopic (exact) mass is 900 g/mol. The van der Waals surface area contributed by atoms with Crippen molar-refractivity contribution in [3.8, 4) is 11.4 Å². The first-order valence-electron chi connectivity index (χ1n) is 20.4. The molecule has 9 rings (SSSR count). The van der Waals surface area contributed by atoms with Gasteiger partial charge in [-0.05, 0) is 75.6 Å². The van der Waals surface area contributed by atoms with Crippen molar-refractivity contribution in [2.24, 2.45) is 0 Å². The number of nitrogens with two attached hydrogens (primary N) is 2. The third-order valence-corrected chi connectivity index (χ3v) is 10.7. The van der Waals surface area contributed by atoms with E-state index in [4.69, 9.17) is 27.9 Å². The van der Waals surface area contributed by atoms with Crippen LogP contribution in [0.3, 0.4) is 0 Å². The van der Waals surface area contributed by atoms with Crippen molar-refractivity contribution in [1.82, 2.24) is 34.7 Å². The number of carbonyl (C=O) groups excluding carboxylic acids is 1. The minimum atomic E-state index is -0.560. The summed E-state index contributed by atoms with van der Waals surface area (Å²) in [6.07, 6.45) is 0.187. The molecule has 5 heterocycles. The summed E-state index contributed by atoms with van der Waals surface area (Å²) >= 11 is 0. The summed E-state index contributed by atoms with van der Waals surface area (Å²) in [5.74, 6) is -0.301. The average Bonchev–Trinajstić information content (AvgIpc) is 3.88. The van der Waals surface area contributed by atoms with Gasteiger partial charge in [-0.15, -0.1) is 0 Å². The predicted molar refractivity (Wildman–Crippen MR) is 243 cm³/mol. The number of nitrogens with one attached hydrogen (secondary N) is 3. The maximum atomic E-state index is 14.3. The normalized spacial score (nSPS) is 14.0. The number of H-pyrrole nitrogens is 3. The second-order valence-electron chi connectivity index (χ2n) is 14.9. The molecule has 0 unspecified atom stereocenters. The number of pyridine rings is 1. The van der Waals surface area contributed by atoms with E-state index in [2.05, 4.69) is 75.6 Å². The van der Waals surface area contributed by atoms with Crippen LogP contribution in [0, 0.1) is 18.2 Å². The number of aromatic amines is 3. The third-order valence-electron chi connectivity index (χ3n) is 10.7. The van der Waals surface area contributed by atoms with Crippen LogP contribution in [-0.2, 0) is 16.0 Å². The van der Waals surface area contributed by atoms with Gasteiger partial charge in [0.05, 0.1) is 51.8 Å². The summed E-state index contributed by atoms with van der Waals surface area (Å²) in [4.78, 5) is 54.6. The molecule has 19 heteroatoms. The van der Waals surface area contributed by atoms with Gasteiger partial charge >= 0.3 is 57.4 Å². The van der Waals surface area contributed by atoms with Crippen molar-refractivity contribution in [3.63, 3.8) is 0 Å². The average molecular weight is 901 g/mol. The molecule has 0 saturated carbocycles. The Kier molecular flexibility index (Phi) is 17.8. The van der Waals surface area contributed by atoms with Crippen LogP contribution in [0.5, 0.6) is 0 Å². The maximum absolute atomic E-state index is 14.3. The standard InChI is InChI=1S/C21H21FN6O.C16H22N4O2.C7H5FN2.CH3O.K/c1-27-7-9-28(10-8-27)12-5-6-14-16(11-12)25-20(24-14)18-19(23)17-13(22)3-2-4-15(17)26-21(18)29;1-3-22-16(21)11-15-17-13-5-4-12(10-14(13)18-15)20-8-6-19(2)7-9-20;1-10-7-5(8)3-2-4-6(7)9;1-2;/h2-6,11H,7-10H2,1H3,(H,24,25)(H3,23,26,29);4-5,10H,3,6-9,11H2,1-2H3,(H,17,18);2-4H,9H2;1H3;/q;;;-1;+1. The number of anilines is 4. The molecular weight excluding hydrogens is 850 g/mol. The van der Waals surface area contributed by atoms with Crippen LogP contribution in [0.15, 0.2) is 77.6 Å². The number of benzene rings is 4. The van der Waals surface area contributed by atoms with Gasteiger partial charge in [0, 0.05) is 69.4 Å². The van der Waals surface area contributed by atoms with Gasteiger partial charge in [0.1, 0.15) is 35.3 Å². The van der Waals surface area contributed by atoms with E-state index in [0.717, 1.165) is 87.2 Å². The fraction of sp³-hybridized carbons (Fsp3) is 0.311. The number of aromatic nitrogens is 5. The largest absolute Gasteiger partial charge is 1.00 e. The second-order valence-corrected chi connectivity index (χ2v) is 14.9. The molecule has 7 N–H and O–H groups in total. The molecule has 0 spiro atoms. The summed E-state index contributed by atoms with van der Waals surface area (Å²) in [6.45, 7) is 16.9. The van der Waals surface area contributed by atoms with Crippen LogP contribution in [0.4, 0.5) is 37.2 Å². The van der Waals surface area contributed by atoms with E-state index in [0.29, 0.717) is 23.8 Å². The van der Waals surface area contributed by atoms with Gasteiger partial charge in [0.15, 0.2) is 0 Å². The number of nitrogens with zero attached hydrogens (tertiary/aromatic N) is 7. The Balaban J connectivity index is 0.000000194. The number of hydrogen-bond donors (Lipinski definition) is 5. The predicted octanol–water partition coefficient (Wildman–Crippen LogP) is 1.90. The SMILES string of the molecule is CCOC(=O)Cc1nc2ccc(N3CCN(C)CC3)cc2[nH]1.CN1CCN(c2ccc3nc(-c4c(N)c5c(F)cccc5[nH]c4=O)[nH]c3c2)CC1.C[O-].[C-]#[N+]c1c(N)cccc1F.[K+]. The molecule has 2 fully saturated rings. The zero-order valence-corrected chi connectivity index (χ0v) is 39.8. The summed E-state index contributed by atoms with van der Waals surface area (Å²) in [6, 6.07) is 20.9. The maximum Gasteiger partial charge on any atom is 1.00 e. The van der Waals surface area contributed by atoms with Gasteiger partial charge < -0.3 is 55.9 Å². The zero-order chi connectivity index (χ0) is 45.2. The van der Waals surface area contributed by atoms with Crippen LogP contribution >= 0.6 is 0 Å². The third kappa shape index (κ3) is 11.8. The van der Waals surface area contributed by atoms with Crippen molar-refractivity contribution in [2.75, 3.05) is 101 Å². The van der Waals surface area contributed by atoms with Crippen LogP contribution in [0.25, 0.3) is 49.2 Å². The van der Waals surface area contributed by atoms with Gasteiger partial charge in [0.25, 0.3) is 5.56 Å². The number of piperazine rings is 2. The van der Waals surface area contributed by atoms with E-state index in [1.54, 1.807) is 13.0 Å². The van der Waals surface area contributed by atoms with Crippen LogP contribution < -0.4 is 83.3 Å². The molecular formula is C45H51F2KN12O4. The topological polar surface area (TPSA) is 209 Å². The first-order valence-corrected chi connectivity index (χ1v) is 20.4. The van der Waals surface area contributed by atoms with Crippen molar-refractivity contribution in [1.29, 1.82) is 0 Å². The molecule has 0 aliphatic carbocycles. The summed E-state index contributed by atoms with van der Waals surface area (Å²) in [7, 11) is 5.02. The fourth-order valence-corrected chi connectivity index (χ4v) is 7.34. The van der Waals surface area contributed by atoms with Gasteiger partial charge in [-0.3, -0.25) is 9.59 Å². The number of ether oxygens (including phenoxy) is 1. The molecule has 0 amide bonds. The Morgan fingerprint density at radius 2 is 1.33 bits per heavy atom. The number of likely N-dealkylation sites (N-methyl/N-ethyl adjacent to an activating group) is 2. The van der Waals surface area contributed by atoms with E-state index < -0.39 is 17.2 Å². The number of rotatable bonds is 6. The molecule has 4 aromatic carbocycles. The van der Waals surface area contributed by atoms with Crippen molar-refractivity contribution >= 4 is 67.4 Å². The van der Waals surface area contributed by atoms with Gasteiger partial charge in [0.2, 0.25) is 5.69 Å². The van der Waals surface area contributed by atoms with E-state index in [1.807, 2.05) is 24.3 Å². The summed E-state index contributed by atoms with van der Waals surface area (Å²) in [5.41, 5.74) is 17.5. The van der Waals surface area contributed by atoms with Crippen molar-refractivity contribution in [2.45, 2.75) is 13.3 Å². The van der Waals surface area contributed by atoms with E-state index in [9.17, 15) is 18.4 Å². The van der Waals surface area contributed by atoms with Crippen molar-refractivity contribution < 1.29 is 74.8 Å². The minimum absolute atomic E-state index is 0. The molecule has 2 aliphatic heterocycles. The number of halogens is 2. The van der Waals surface area contributed by atoms with E-state index in [1.165, 1.54) is 36.0 Å². The van der Waals surface area contributed by atoms with E-state index >= 15 is 0 Å². The number of esters is 1. The van der Waals surface area contributed by atoms with Crippen LogP contribution in [0.2, 0.25) is 0 Å². The molecule has 0 atom stereocenters. The summed E-state index contributed by atoms with van der Waals surface area (Å²) < 4.78 is 31.8. The van der Waals surface area contributed by atoms with Gasteiger partial charge in [-0.25, -0.2) is 23.6 Å². The quantitative estimate of drug-likeness (QED) is 0.0703. The first-order chi connectivity index (χ1) is 30.4. The molecule has 330 valence electrons. The molecule has 2 aliphatic rings.